The average Bonchev–Trinajstić information content (AvgIpc) is 3.33. The van der Waals surface area contributed by atoms with E-state index in [1.807, 2.05) is 29.6 Å². The number of nitrogens with one attached hydrogen (secondary N) is 1. The van der Waals surface area contributed by atoms with Gasteiger partial charge in [0.1, 0.15) is 6.33 Å². The molecule has 0 aliphatic carbocycles. The number of hydrogen-bond acceptors (Lipinski definition) is 5. The summed E-state index contributed by atoms with van der Waals surface area (Å²) in [5.74, 6) is -0.655. The van der Waals surface area contributed by atoms with Crippen LogP contribution in [0.15, 0.2) is 84.8 Å². The van der Waals surface area contributed by atoms with Gasteiger partial charge in [0.2, 0.25) is 0 Å². The van der Waals surface area contributed by atoms with Crippen molar-refractivity contribution in [1.29, 1.82) is 0 Å². The van der Waals surface area contributed by atoms with Gasteiger partial charge in [-0.2, -0.15) is 13.2 Å². The number of nitrogens with zero attached hydrogens (tertiary/aromatic N) is 3. The van der Waals surface area contributed by atoms with E-state index in [4.69, 9.17) is 0 Å². The molecule has 0 bridgehead atoms. The first-order chi connectivity index (χ1) is 16.4. The average molecular weight is 476 g/mol. The Bertz CT molecular complexity index is 1500. The molecule has 1 amide bonds. The monoisotopic (exact) mass is 476 g/mol. The highest BCUT2D eigenvalue weighted by Gasteiger charge is 2.31. The van der Waals surface area contributed by atoms with E-state index in [-0.39, 0.29) is 5.56 Å². The summed E-state index contributed by atoms with van der Waals surface area (Å²) in [6, 6.07) is 15.3. The summed E-state index contributed by atoms with van der Waals surface area (Å²) in [5, 5.41) is 4.70. The van der Waals surface area contributed by atoms with Crippen molar-refractivity contribution in [3.63, 3.8) is 0 Å². The van der Waals surface area contributed by atoms with Gasteiger partial charge in [0.05, 0.1) is 21.5 Å². The number of pyridine rings is 1. The molecule has 0 atom stereocenters. The summed E-state index contributed by atoms with van der Waals surface area (Å²) in [6.07, 6.45) is 0.209. The van der Waals surface area contributed by atoms with Gasteiger partial charge in [0.25, 0.3) is 5.91 Å². The largest absolute Gasteiger partial charge is 0.416 e. The van der Waals surface area contributed by atoms with E-state index in [9.17, 15) is 18.0 Å². The zero-order valence-electron chi connectivity index (χ0n) is 17.4. The number of alkyl halides is 3. The van der Waals surface area contributed by atoms with Crippen molar-refractivity contribution in [3.05, 3.63) is 95.9 Å². The van der Waals surface area contributed by atoms with Crippen molar-refractivity contribution in [2.45, 2.75) is 6.18 Å². The van der Waals surface area contributed by atoms with Gasteiger partial charge in [-0.05, 0) is 41.8 Å². The molecule has 5 nitrogen and oxygen atoms in total. The Morgan fingerprint density at radius 2 is 1.82 bits per heavy atom. The van der Waals surface area contributed by atoms with Gasteiger partial charge in [-0.15, -0.1) is 11.3 Å². The van der Waals surface area contributed by atoms with Gasteiger partial charge in [0.15, 0.2) is 0 Å². The number of rotatable bonds is 4. The highest BCUT2D eigenvalue weighted by Crippen LogP contribution is 2.36. The molecule has 3 heterocycles. The summed E-state index contributed by atoms with van der Waals surface area (Å²) in [6.45, 7) is 0. The Labute approximate surface area is 196 Å². The fraction of sp³-hybridized carbons (Fsp3) is 0.0400. The molecule has 2 aromatic carbocycles. The maximum atomic E-state index is 13.1. The quantitative estimate of drug-likeness (QED) is 0.314. The second kappa shape index (κ2) is 8.68. The highest BCUT2D eigenvalue weighted by atomic mass is 32.1. The number of anilines is 1. The van der Waals surface area contributed by atoms with Crippen LogP contribution in [0.2, 0.25) is 0 Å². The summed E-state index contributed by atoms with van der Waals surface area (Å²) >= 11 is 1.50. The summed E-state index contributed by atoms with van der Waals surface area (Å²) in [7, 11) is 0. The highest BCUT2D eigenvalue weighted by molar-refractivity contribution is 7.17. The van der Waals surface area contributed by atoms with Gasteiger partial charge >= 0.3 is 6.18 Å². The predicted molar refractivity (Wildman–Crippen MR) is 125 cm³/mol. The van der Waals surface area contributed by atoms with Gasteiger partial charge < -0.3 is 5.32 Å². The number of carbonyl (C=O) groups excluding carboxylic acids is 1. The zero-order valence-corrected chi connectivity index (χ0v) is 18.2. The number of halogens is 3. The van der Waals surface area contributed by atoms with E-state index in [1.165, 1.54) is 29.8 Å². The number of carbonyl (C=O) groups is 1. The Morgan fingerprint density at radius 3 is 2.62 bits per heavy atom. The fourth-order valence-corrected chi connectivity index (χ4v) is 4.45. The van der Waals surface area contributed by atoms with Crippen molar-refractivity contribution in [3.8, 4) is 22.4 Å². The van der Waals surface area contributed by atoms with E-state index in [0.717, 1.165) is 33.5 Å². The molecule has 34 heavy (non-hydrogen) atoms. The molecule has 0 aliphatic heterocycles. The fourth-order valence-electron chi connectivity index (χ4n) is 3.59. The first-order valence-corrected chi connectivity index (χ1v) is 11.0. The third-order valence-electron chi connectivity index (χ3n) is 5.21. The van der Waals surface area contributed by atoms with Crippen LogP contribution in [0.1, 0.15) is 15.9 Å². The van der Waals surface area contributed by atoms with Gasteiger partial charge in [-0.1, -0.05) is 24.3 Å². The minimum Gasteiger partial charge on any atom is -0.321 e. The number of amides is 1. The second-order valence-electron chi connectivity index (χ2n) is 7.39. The summed E-state index contributed by atoms with van der Waals surface area (Å²) in [5.41, 5.74) is 3.11. The summed E-state index contributed by atoms with van der Waals surface area (Å²) in [4.78, 5) is 25.8. The van der Waals surface area contributed by atoms with E-state index < -0.39 is 17.6 Å². The van der Waals surface area contributed by atoms with E-state index in [1.54, 1.807) is 24.5 Å². The molecule has 0 saturated heterocycles. The van der Waals surface area contributed by atoms with Gasteiger partial charge in [-0.25, -0.2) is 9.97 Å². The third kappa shape index (κ3) is 4.25. The first-order valence-electron chi connectivity index (χ1n) is 10.1. The molecule has 1 N–H and O–H groups in total. The number of fused-ring (bicyclic) bond motifs is 1. The first kappa shape index (κ1) is 21.7. The topological polar surface area (TPSA) is 67.8 Å². The lowest BCUT2D eigenvalue weighted by molar-refractivity contribution is -0.137. The van der Waals surface area contributed by atoms with Crippen molar-refractivity contribution in [2.24, 2.45) is 0 Å². The molecule has 0 unspecified atom stereocenters. The molecule has 5 aromatic rings. The van der Waals surface area contributed by atoms with Crippen LogP contribution in [0.4, 0.5) is 18.9 Å². The lowest BCUT2D eigenvalue weighted by atomic mass is 10.0. The molecule has 168 valence electrons. The number of aromatic nitrogens is 3. The Balaban J connectivity index is 1.59. The molecule has 9 heteroatoms. The third-order valence-corrected chi connectivity index (χ3v) is 6.12. The Kier molecular flexibility index (Phi) is 5.54. The van der Waals surface area contributed by atoms with Crippen molar-refractivity contribution >= 4 is 33.1 Å². The SMILES string of the molecule is O=C(Nc1cc(-c2ncnc3ccsc23)ccc1-c1cccnc1)c1cccc(C(F)(F)F)c1. The van der Waals surface area contributed by atoms with Crippen LogP contribution in [0.25, 0.3) is 32.6 Å². The lowest BCUT2D eigenvalue weighted by Gasteiger charge is -2.14. The zero-order chi connectivity index (χ0) is 23.7. The number of hydrogen-bond donors (Lipinski definition) is 1. The second-order valence-corrected chi connectivity index (χ2v) is 8.31. The smallest absolute Gasteiger partial charge is 0.321 e. The molecule has 3 aromatic heterocycles. The van der Waals surface area contributed by atoms with Crippen LogP contribution in [-0.2, 0) is 6.18 Å². The molecule has 0 aliphatic rings. The number of thiophene rings is 1. The van der Waals surface area contributed by atoms with E-state index in [2.05, 4.69) is 20.3 Å². The molecule has 0 saturated carbocycles. The van der Waals surface area contributed by atoms with Crippen LogP contribution < -0.4 is 5.32 Å². The number of benzene rings is 2. The minimum absolute atomic E-state index is 0.0972. The Hall–Kier alpha value is -4.11. The van der Waals surface area contributed by atoms with Crippen LogP contribution >= 0.6 is 11.3 Å². The summed E-state index contributed by atoms with van der Waals surface area (Å²) < 4.78 is 40.3. The standard InChI is InChI=1S/C25H15F3N4OS/c26-25(27,28)18-5-1-3-16(11-18)24(33)32-21-12-15(6-7-19(21)17-4-2-9-29-13-17)22-23-20(8-10-34-23)30-14-31-22/h1-14H,(H,32,33). The van der Waals surface area contributed by atoms with E-state index in [0.29, 0.717) is 16.9 Å². The molecule has 5 rings (SSSR count). The van der Waals surface area contributed by atoms with Crippen molar-refractivity contribution < 1.29 is 18.0 Å². The molecule has 0 fully saturated rings. The van der Waals surface area contributed by atoms with Gasteiger partial charge in [0, 0.05) is 40.3 Å². The molecular weight excluding hydrogens is 461 g/mol. The Morgan fingerprint density at radius 1 is 0.941 bits per heavy atom. The molecule has 0 spiro atoms. The van der Waals surface area contributed by atoms with E-state index >= 15 is 0 Å². The predicted octanol–water partition coefficient (Wildman–Crippen LogP) is 6.69. The van der Waals surface area contributed by atoms with Crippen LogP contribution in [0, 0.1) is 0 Å². The normalized spacial score (nSPS) is 11.5. The molecule has 0 radical (unpaired) electrons. The van der Waals surface area contributed by atoms with Gasteiger partial charge in [-0.3, -0.25) is 9.78 Å². The minimum atomic E-state index is -4.55. The maximum Gasteiger partial charge on any atom is 0.416 e. The van der Waals surface area contributed by atoms with Crippen LogP contribution in [0.5, 0.6) is 0 Å². The molecular formula is C25H15F3N4OS. The van der Waals surface area contributed by atoms with Crippen molar-refractivity contribution in [1.82, 2.24) is 15.0 Å². The van der Waals surface area contributed by atoms with Crippen LogP contribution in [0.3, 0.4) is 0 Å². The van der Waals surface area contributed by atoms with Crippen molar-refractivity contribution in [2.75, 3.05) is 5.32 Å². The maximum absolute atomic E-state index is 13.1. The lowest BCUT2D eigenvalue weighted by Crippen LogP contribution is -2.14. The van der Waals surface area contributed by atoms with Crippen LogP contribution in [-0.4, -0.2) is 20.9 Å².